The van der Waals surface area contributed by atoms with E-state index in [0.717, 1.165) is 0 Å². The molecule has 0 aromatic heterocycles. The lowest BCUT2D eigenvalue weighted by molar-refractivity contribution is -0.165. The predicted octanol–water partition coefficient (Wildman–Crippen LogP) is 6.44. The van der Waals surface area contributed by atoms with Crippen molar-refractivity contribution in [3.63, 3.8) is 0 Å². The van der Waals surface area contributed by atoms with Crippen LogP contribution in [0.2, 0.25) is 5.02 Å². The lowest BCUT2D eigenvalue weighted by Crippen LogP contribution is -2.57. The van der Waals surface area contributed by atoms with Gasteiger partial charge in [0.15, 0.2) is 0 Å². The van der Waals surface area contributed by atoms with Gasteiger partial charge in [0.25, 0.3) is 5.91 Å². The van der Waals surface area contributed by atoms with Crippen LogP contribution in [0.15, 0.2) is 110 Å². The number of rotatable bonds is 15. The number of ether oxygens (including phenoxy) is 2. The quantitative estimate of drug-likeness (QED) is 0.107. The number of carbonyl (C=O) groups excluding carboxylic acids is 4. The van der Waals surface area contributed by atoms with E-state index < -0.39 is 77.0 Å². The molecule has 2 bridgehead atoms. The molecule has 3 aliphatic heterocycles. The second-order valence-corrected chi connectivity index (χ2v) is 15.6. The summed E-state index contributed by atoms with van der Waals surface area (Å²) in [6.45, 7) is 8.98. The number of allylic oxidation sites excluding steroid dienone is 1. The van der Waals surface area contributed by atoms with Crippen LogP contribution in [-0.4, -0.2) is 87.4 Å². The highest BCUT2D eigenvalue weighted by Crippen LogP contribution is 2.62. The first-order chi connectivity index (χ1) is 26.0. The number of carbonyl (C=O) groups is 4. The number of hydrogen-bond donors (Lipinski definition) is 1. The van der Waals surface area contributed by atoms with Crippen molar-refractivity contribution < 1.29 is 33.8 Å². The van der Waals surface area contributed by atoms with Crippen molar-refractivity contribution in [1.29, 1.82) is 0 Å². The Labute approximate surface area is 329 Å². The number of aliphatic hydroxyl groups excluding tert-OH is 1. The van der Waals surface area contributed by atoms with E-state index in [2.05, 4.69) is 29.1 Å². The van der Waals surface area contributed by atoms with Crippen molar-refractivity contribution in [3.8, 4) is 0 Å². The van der Waals surface area contributed by atoms with Crippen LogP contribution >= 0.6 is 27.5 Å². The molecular weight excluding hydrogens is 774 g/mol. The van der Waals surface area contributed by atoms with Gasteiger partial charge in [-0.2, -0.15) is 0 Å². The average Bonchev–Trinajstić information content (AvgIpc) is 3.78. The molecule has 0 radical (unpaired) electrons. The van der Waals surface area contributed by atoms with Gasteiger partial charge in [0.05, 0.1) is 47.3 Å². The van der Waals surface area contributed by atoms with Crippen LogP contribution in [-0.2, 0) is 28.7 Å². The number of halogens is 2. The molecule has 6 rings (SSSR count). The molecule has 0 aliphatic carbocycles. The standard InChI is InChI=1S/C42H45BrClN3O7/c1-5-7-22-33(49)45(4)26(3)36(28-18-12-9-13-19-28)53-41(52)34-35-39(50)47(32(25-48)27-16-10-8-11-17-27)38(42(35)24-29(43)37(34)54-42)40(51)46(23-6-2)31-21-15-14-20-30(31)44/h5-6,8-21,26,29,32,34-38,48H,1-2,7,22-25H2,3-4H3/t26-,29?,32-,34+,35-,36+,37+,38+,42-/m1/s1. The molecule has 3 amide bonds. The van der Waals surface area contributed by atoms with Gasteiger partial charge in [0.2, 0.25) is 11.8 Å². The van der Waals surface area contributed by atoms with Gasteiger partial charge in [-0.3, -0.25) is 19.2 Å². The van der Waals surface area contributed by atoms with Crippen LogP contribution in [0.1, 0.15) is 49.5 Å². The summed E-state index contributed by atoms with van der Waals surface area (Å²) < 4.78 is 13.2. The van der Waals surface area contributed by atoms with Gasteiger partial charge < -0.3 is 29.3 Å². The van der Waals surface area contributed by atoms with Crippen molar-refractivity contribution >= 4 is 56.9 Å². The number of hydrogen-bond acceptors (Lipinski definition) is 7. The maximum Gasteiger partial charge on any atom is 0.313 e. The number of amides is 3. The Morgan fingerprint density at radius 2 is 1.67 bits per heavy atom. The number of anilines is 1. The smallest absolute Gasteiger partial charge is 0.313 e. The van der Waals surface area contributed by atoms with E-state index in [-0.39, 0.29) is 25.3 Å². The molecule has 3 aromatic rings. The molecule has 9 atom stereocenters. The summed E-state index contributed by atoms with van der Waals surface area (Å²) >= 11 is 10.4. The highest BCUT2D eigenvalue weighted by molar-refractivity contribution is 9.09. The zero-order chi connectivity index (χ0) is 38.7. The molecule has 1 unspecified atom stereocenters. The van der Waals surface area contributed by atoms with Gasteiger partial charge in [-0.25, -0.2) is 0 Å². The Morgan fingerprint density at radius 1 is 1.04 bits per heavy atom. The minimum absolute atomic E-state index is 0.0687. The first-order valence-electron chi connectivity index (χ1n) is 18.1. The number of aliphatic hydroxyl groups is 1. The molecule has 3 saturated heterocycles. The fraction of sp³-hybridized carbons (Fsp3) is 0.381. The van der Waals surface area contributed by atoms with E-state index >= 15 is 9.59 Å². The minimum Gasteiger partial charge on any atom is -0.455 e. The van der Waals surface area contributed by atoms with E-state index in [1.165, 1.54) is 9.80 Å². The number of likely N-dealkylation sites (tertiary alicyclic amines) is 1. The van der Waals surface area contributed by atoms with Gasteiger partial charge in [-0.05, 0) is 43.0 Å². The van der Waals surface area contributed by atoms with Gasteiger partial charge in [-0.15, -0.1) is 13.2 Å². The predicted molar refractivity (Wildman–Crippen MR) is 210 cm³/mol. The molecule has 3 aromatic carbocycles. The number of para-hydroxylation sites is 1. The van der Waals surface area contributed by atoms with E-state index in [0.29, 0.717) is 28.3 Å². The van der Waals surface area contributed by atoms with Gasteiger partial charge in [0.1, 0.15) is 17.7 Å². The topological polar surface area (TPSA) is 117 Å². The molecular formula is C42H45BrClN3O7. The average molecular weight is 819 g/mol. The molecule has 1 N–H and O–H groups in total. The van der Waals surface area contributed by atoms with Crippen LogP contribution in [0.3, 0.4) is 0 Å². The molecule has 0 saturated carbocycles. The van der Waals surface area contributed by atoms with Crippen LogP contribution < -0.4 is 4.90 Å². The maximum absolute atomic E-state index is 15.2. The van der Waals surface area contributed by atoms with Gasteiger partial charge >= 0.3 is 5.97 Å². The van der Waals surface area contributed by atoms with Crippen LogP contribution in [0, 0.1) is 11.8 Å². The third-order valence-electron chi connectivity index (χ3n) is 11.0. The first-order valence-corrected chi connectivity index (χ1v) is 19.4. The molecule has 3 aliphatic rings. The van der Waals surface area contributed by atoms with Crippen LogP contribution in [0.4, 0.5) is 5.69 Å². The number of likely N-dealkylation sites (N-methyl/N-ethyl adjacent to an activating group) is 1. The molecule has 12 heteroatoms. The molecule has 3 heterocycles. The van der Waals surface area contributed by atoms with Crippen molar-refractivity contribution in [1.82, 2.24) is 9.80 Å². The maximum atomic E-state index is 15.2. The molecule has 3 fully saturated rings. The van der Waals surface area contributed by atoms with E-state index in [1.807, 2.05) is 43.3 Å². The highest BCUT2D eigenvalue weighted by atomic mass is 79.9. The van der Waals surface area contributed by atoms with Crippen molar-refractivity contribution in [3.05, 3.63) is 126 Å². The minimum atomic E-state index is -1.47. The highest BCUT2D eigenvalue weighted by Gasteiger charge is 2.78. The number of esters is 1. The summed E-state index contributed by atoms with van der Waals surface area (Å²) in [6.07, 6.45) is 2.54. The molecule has 1 spiro atoms. The fourth-order valence-corrected chi connectivity index (χ4v) is 9.54. The first kappa shape index (κ1) is 39.4. The second kappa shape index (κ2) is 16.6. The Kier molecular flexibility index (Phi) is 12.1. The number of fused-ring (bicyclic) bond motifs is 1. The third-order valence-corrected chi connectivity index (χ3v) is 12.2. The SMILES string of the molecule is C=CCCC(=O)N(C)[C@H](C)[C@H](OC(=O)[C@@H]1[C@H]2O[C@@]3(CC2Br)[C@H](C(=O)N(CC=C)c2ccccc2Cl)N([C@H](CO)c2ccccc2)C(=O)[C@@H]13)c1ccccc1. The Bertz CT molecular complexity index is 1880. The summed E-state index contributed by atoms with van der Waals surface area (Å²) in [5.74, 6) is -4.04. The largest absolute Gasteiger partial charge is 0.455 e. The Balaban J connectivity index is 1.43. The third kappa shape index (κ3) is 7.03. The molecule has 284 valence electrons. The number of benzene rings is 3. The monoisotopic (exact) mass is 817 g/mol. The van der Waals surface area contributed by atoms with Crippen LogP contribution in [0.25, 0.3) is 0 Å². The van der Waals surface area contributed by atoms with Crippen molar-refractivity contribution in [2.45, 2.75) is 66.9 Å². The fourth-order valence-electron chi connectivity index (χ4n) is 8.36. The summed E-state index contributed by atoms with van der Waals surface area (Å²) in [4.78, 5) is 62.1. The van der Waals surface area contributed by atoms with E-state index in [9.17, 15) is 14.7 Å². The summed E-state index contributed by atoms with van der Waals surface area (Å²) in [5, 5.41) is 11.3. The summed E-state index contributed by atoms with van der Waals surface area (Å²) in [7, 11) is 1.67. The second-order valence-electron chi connectivity index (χ2n) is 14.0. The molecule has 10 nitrogen and oxygen atoms in total. The van der Waals surface area contributed by atoms with E-state index in [4.69, 9.17) is 21.1 Å². The summed E-state index contributed by atoms with van der Waals surface area (Å²) in [6, 6.07) is 22.3. The van der Waals surface area contributed by atoms with E-state index in [1.54, 1.807) is 72.6 Å². The zero-order valence-electron chi connectivity index (χ0n) is 30.3. The Hall–Kier alpha value is -4.29. The van der Waals surface area contributed by atoms with Crippen molar-refractivity contribution in [2.24, 2.45) is 11.8 Å². The number of alkyl halides is 1. The van der Waals surface area contributed by atoms with Crippen molar-refractivity contribution in [2.75, 3.05) is 25.1 Å². The molecule has 54 heavy (non-hydrogen) atoms. The lowest BCUT2D eigenvalue weighted by atomic mass is 9.70. The Morgan fingerprint density at radius 3 is 2.28 bits per heavy atom. The van der Waals surface area contributed by atoms with Gasteiger partial charge in [0, 0.05) is 24.8 Å². The lowest BCUT2D eigenvalue weighted by Gasteiger charge is -2.39. The summed E-state index contributed by atoms with van der Waals surface area (Å²) in [5.41, 5.74) is 0.237. The normalized spacial score (nSPS) is 25.7. The number of nitrogens with zero attached hydrogens (tertiary/aromatic N) is 3. The van der Waals surface area contributed by atoms with Gasteiger partial charge in [-0.1, -0.05) is 112 Å². The zero-order valence-corrected chi connectivity index (χ0v) is 32.6. The van der Waals surface area contributed by atoms with Crippen LogP contribution in [0.5, 0.6) is 0 Å².